The van der Waals surface area contributed by atoms with Crippen molar-refractivity contribution in [3.05, 3.63) is 90.0 Å². The second-order valence-electron chi connectivity index (χ2n) is 8.13. The van der Waals surface area contributed by atoms with E-state index < -0.39 is 11.8 Å². The summed E-state index contributed by atoms with van der Waals surface area (Å²) in [7, 11) is 0. The molecule has 9 nitrogen and oxygen atoms in total. The van der Waals surface area contributed by atoms with E-state index in [-0.39, 0.29) is 11.0 Å². The Hall–Kier alpha value is -4.44. The zero-order valence-corrected chi connectivity index (χ0v) is 21.8. The van der Waals surface area contributed by atoms with Gasteiger partial charge < -0.3 is 14.8 Å². The highest BCUT2D eigenvalue weighted by molar-refractivity contribution is 7.80. The Labute approximate surface area is 226 Å². The van der Waals surface area contributed by atoms with Gasteiger partial charge in [-0.15, -0.1) is 0 Å². The van der Waals surface area contributed by atoms with Crippen LogP contribution >= 0.6 is 12.2 Å². The first-order valence-corrected chi connectivity index (χ1v) is 12.6. The molecule has 3 amide bonds. The van der Waals surface area contributed by atoms with Crippen molar-refractivity contribution in [2.75, 3.05) is 18.5 Å². The number of hydrogen-bond acceptors (Lipinski definition) is 6. The van der Waals surface area contributed by atoms with E-state index >= 15 is 0 Å². The lowest BCUT2D eigenvalue weighted by atomic mass is 10.2. The molecule has 0 saturated carbocycles. The third-order valence-corrected chi connectivity index (χ3v) is 5.37. The number of benzene rings is 3. The highest BCUT2D eigenvalue weighted by atomic mass is 32.1. The molecular weight excluding hydrogens is 504 g/mol. The molecule has 0 aromatic heterocycles. The van der Waals surface area contributed by atoms with Crippen LogP contribution in [0.3, 0.4) is 0 Å². The summed E-state index contributed by atoms with van der Waals surface area (Å²) in [5, 5.41) is 5.21. The maximum atomic E-state index is 12.6. The van der Waals surface area contributed by atoms with Gasteiger partial charge >= 0.3 is 0 Å². The SMILES string of the molecule is CCCCC(=O)Nc1ccc(C(=O)NNC(=S)NC(=O)c2cccc(OCCOc3ccccc3)c2)cc1. The number of rotatable bonds is 11. The summed E-state index contributed by atoms with van der Waals surface area (Å²) < 4.78 is 11.3. The standard InChI is InChI=1S/C28H30N4O5S/c1-2-3-12-25(33)29-22-15-13-20(14-16-22)27(35)31-32-28(38)30-26(34)21-8-7-11-24(19-21)37-18-17-36-23-9-5-4-6-10-23/h4-11,13-16,19H,2-3,12,17-18H2,1H3,(H,29,33)(H,31,35)(H2,30,32,34,38). The van der Waals surface area contributed by atoms with Crippen LogP contribution in [0.5, 0.6) is 11.5 Å². The van der Waals surface area contributed by atoms with Crippen molar-refractivity contribution in [2.24, 2.45) is 0 Å². The first-order chi connectivity index (χ1) is 18.4. The van der Waals surface area contributed by atoms with Crippen LogP contribution in [-0.4, -0.2) is 36.0 Å². The van der Waals surface area contributed by atoms with E-state index in [1.165, 1.54) is 0 Å². The molecule has 0 aliphatic rings. The van der Waals surface area contributed by atoms with E-state index in [0.29, 0.717) is 42.2 Å². The van der Waals surface area contributed by atoms with E-state index in [4.69, 9.17) is 21.7 Å². The van der Waals surface area contributed by atoms with Crippen molar-refractivity contribution in [1.82, 2.24) is 16.2 Å². The maximum Gasteiger partial charge on any atom is 0.269 e. The molecule has 0 unspecified atom stereocenters. The average Bonchev–Trinajstić information content (AvgIpc) is 2.94. The monoisotopic (exact) mass is 534 g/mol. The Morgan fingerprint density at radius 2 is 1.45 bits per heavy atom. The molecule has 0 saturated heterocycles. The second kappa shape index (κ2) is 15.0. The lowest BCUT2D eigenvalue weighted by molar-refractivity contribution is -0.116. The number of unbranched alkanes of at least 4 members (excludes halogenated alkanes) is 1. The van der Waals surface area contributed by atoms with Gasteiger partial charge in [0.25, 0.3) is 11.8 Å². The van der Waals surface area contributed by atoms with Crippen LogP contribution in [0.2, 0.25) is 0 Å². The van der Waals surface area contributed by atoms with Gasteiger partial charge in [0.15, 0.2) is 5.11 Å². The van der Waals surface area contributed by atoms with Gasteiger partial charge in [0, 0.05) is 23.2 Å². The number of amides is 3. The summed E-state index contributed by atoms with van der Waals surface area (Å²) in [6, 6.07) is 22.5. The van der Waals surface area contributed by atoms with Crippen molar-refractivity contribution in [2.45, 2.75) is 26.2 Å². The molecule has 0 aliphatic heterocycles. The molecule has 3 aromatic rings. The number of nitrogens with one attached hydrogen (secondary N) is 4. The molecule has 0 bridgehead atoms. The first-order valence-electron chi connectivity index (χ1n) is 12.2. The number of hydrogen-bond donors (Lipinski definition) is 4. The van der Waals surface area contributed by atoms with Gasteiger partial charge in [0.2, 0.25) is 5.91 Å². The number of anilines is 1. The summed E-state index contributed by atoms with van der Waals surface area (Å²) in [5.74, 6) is 0.262. The van der Waals surface area contributed by atoms with Gasteiger partial charge in [0.05, 0.1) is 0 Å². The van der Waals surface area contributed by atoms with Crippen molar-refractivity contribution >= 4 is 40.7 Å². The largest absolute Gasteiger partial charge is 0.490 e. The van der Waals surface area contributed by atoms with Crippen LogP contribution in [0.4, 0.5) is 5.69 Å². The molecule has 0 atom stereocenters. The predicted molar refractivity (Wildman–Crippen MR) is 149 cm³/mol. The fourth-order valence-electron chi connectivity index (χ4n) is 3.22. The number of thiocarbonyl (C=S) groups is 1. The molecule has 38 heavy (non-hydrogen) atoms. The van der Waals surface area contributed by atoms with Gasteiger partial charge in [0.1, 0.15) is 24.7 Å². The molecule has 3 aromatic carbocycles. The minimum Gasteiger partial charge on any atom is -0.490 e. The molecule has 10 heteroatoms. The first kappa shape index (κ1) is 28.1. The highest BCUT2D eigenvalue weighted by Gasteiger charge is 2.11. The Morgan fingerprint density at radius 3 is 2.16 bits per heavy atom. The smallest absolute Gasteiger partial charge is 0.269 e. The zero-order valence-electron chi connectivity index (χ0n) is 21.0. The normalized spacial score (nSPS) is 10.1. The molecule has 0 fully saturated rings. The van der Waals surface area contributed by atoms with Crippen LogP contribution in [0, 0.1) is 0 Å². The number of ether oxygens (including phenoxy) is 2. The van der Waals surface area contributed by atoms with E-state index in [1.807, 2.05) is 37.3 Å². The van der Waals surface area contributed by atoms with Crippen molar-refractivity contribution in [1.29, 1.82) is 0 Å². The number of carbonyl (C=O) groups excluding carboxylic acids is 3. The van der Waals surface area contributed by atoms with Crippen LogP contribution < -0.4 is 31.0 Å². The van der Waals surface area contributed by atoms with Gasteiger partial charge in [-0.2, -0.15) is 0 Å². The van der Waals surface area contributed by atoms with Gasteiger partial charge in [-0.1, -0.05) is 37.6 Å². The Bertz CT molecular complexity index is 1240. The fraction of sp³-hybridized carbons (Fsp3) is 0.214. The zero-order chi connectivity index (χ0) is 27.2. The Morgan fingerprint density at radius 1 is 0.763 bits per heavy atom. The average molecular weight is 535 g/mol. The molecule has 4 N–H and O–H groups in total. The van der Waals surface area contributed by atoms with Crippen molar-refractivity contribution in [3.8, 4) is 11.5 Å². The van der Waals surface area contributed by atoms with Crippen molar-refractivity contribution in [3.63, 3.8) is 0 Å². The summed E-state index contributed by atoms with van der Waals surface area (Å²) in [5.41, 5.74) is 6.22. The van der Waals surface area contributed by atoms with Crippen LogP contribution in [-0.2, 0) is 4.79 Å². The number of carbonyl (C=O) groups is 3. The molecule has 0 spiro atoms. The van der Waals surface area contributed by atoms with Crippen molar-refractivity contribution < 1.29 is 23.9 Å². The Balaban J connectivity index is 1.40. The third kappa shape index (κ3) is 9.55. The summed E-state index contributed by atoms with van der Waals surface area (Å²) >= 11 is 5.11. The minimum absolute atomic E-state index is 0.0685. The van der Waals surface area contributed by atoms with E-state index in [9.17, 15) is 14.4 Å². The minimum atomic E-state index is -0.467. The van der Waals surface area contributed by atoms with Crippen LogP contribution in [0.25, 0.3) is 0 Å². The van der Waals surface area contributed by atoms with Gasteiger partial charge in [-0.05, 0) is 73.2 Å². The topological polar surface area (TPSA) is 118 Å². The molecule has 0 aliphatic carbocycles. The Kier molecular flexibility index (Phi) is 11.1. The lowest BCUT2D eigenvalue weighted by Crippen LogP contribution is -2.48. The molecular formula is C28H30N4O5S. The third-order valence-electron chi connectivity index (χ3n) is 5.17. The predicted octanol–water partition coefficient (Wildman–Crippen LogP) is 4.22. The number of para-hydroxylation sites is 1. The quantitative estimate of drug-likeness (QED) is 0.165. The molecule has 3 rings (SSSR count). The molecule has 198 valence electrons. The maximum absolute atomic E-state index is 12.6. The summed E-state index contributed by atoms with van der Waals surface area (Å²) in [6.07, 6.45) is 2.21. The van der Waals surface area contributed by atoms with Gasteiger partial charge in [-0.3, -0.25) is 30.6 Å². The fourth-order valence-corrected chi connectivity index (χ4v) is 3.36. The number of hydrazine groups is 1. The van der Waals surface area contributed by atoms with E-state index in [2.05, 4.69) is 21.5 Å². The van der Waals surface area contributed by atoms with E-state index in [0.717, 1.165) is 18.6 Å². The van der Waals surface area contributed by atoms with Crippen LogP contribution in [0.15, 0.2) is 78.9 Å². The van der Waals surface area contributed by atoms with Crippen LogP contribution in [0.1, 0.15) is 46.9 Å². The second-order valence-corrected chi connectivity index (χ2v) is 8.54. The lowest BCUT2D eigenvalue weighted by Gasteiger charge is -2.12. The highest BCUT2D eigenvalue weighted by Crippen LogP contribution is 2.14. The summed E-state index contributed by atoms with van der Waals surface area (Å²) in [6.45, 7) is 2.67. The molecule has 0 heterocycles. The molecule has 0 radical (unpaired) electrons. The summed E-state index contributed by atoms with van der Waals surface area (Å²) in [4.78, 5) is 36.8. The van der Waals surface area contributed by atoms with Gasteiger partial charge in [-0.25, -0.2) is 0 Å². The van der Waals surface area contributed by atoms with E-state index in [1.54, 1.807) is 48.5 Å².